The van der Waals surface area contributed by atoms with Crippen LogP contribution in [0.1, 0.15) is 39.5 Å². The third-order valence-corrected chi connectivity index (χ3v) is 3.30. The van der Waals surface area contributed by atoms with Gasteiger partial charge in [0.25, 0.3) is 0 Å². The minimum Gasteiger partial charge on any atom is -0.304 e. The molecule has 14 heavy (non-hydrogen) atoms. The molecule has 0 atom stereocenters. The second-order valence-electron chi connectivity index (χ2n) is 4.57. The molecule has 2 nitrogen and oxygen atoms in total. The first-order valence-corrected chi connectivity index (χ1v) is 6.20. The zero-order valence-corrected chi connectivity index (χ0v) is 10.1. The van der Waals surface area contributed by atoms with E-state index < -0.39 is 0 Å². The molecule has 1 heterocycles. The lowest BCUT2D eigenvalue weighted by Crippen LogP contribution is -2.48. The molecule has 1 aliphatic heterocycles. The summed E-state index contributed by atoms with van der Waals surface area (Å²) in [4.78, 5) is 5.14. The van der Waals surface area contributed by atoms with Crippen LogP contribution in [0.2, 0.25) is 0 Å². The molecular formula is C12H26N2. The van der Waals surface area contributed by atoms with Gasteiger partial charge in [-0.15, -0.1) is 0 Å². The Morgan fingerprint density at radius 2 is 1.43 bits per heavy atom. The summed E-state index contributed by atoms with van der Waals surface area (Å²) in [5.41, 5.74) is 0. The Bertz CT molecular complexity index is 133. The van der Waals surface area contributed by atoms with Gasteiger partial charge in [0.1, 0.15) is 0 Å². The zero-order chi connectivity index (χ0) is 10.4. The summed E-state index contributed by atoms with van der Waals surface area (Å²) in [6, 6.07) is 0.860. The lowest BCUT2D eigenvalue weighted by Gasteiger charge is -2.38. The summed E-state index contributed by atoms with van der Waals surface area (Å²) in [7, 11) is 2.23. The summed E-state index contributed by atoms with van der Waals surface area (Å²) >= 11 is 0. The molecular weight excluding hydrogens is 172 g/mol. The second-order valence-corrected chi connectivity index (χ2v) is 4.57. The van der Waals surface area contributed by atoms with Crippen molar-refractivity contribution < 1.29 is 0 Å². The minimum absolute atomic E-state index is 0.860. The molecule has 1 fully saturated rings. The summed E-state index contributed by atoms with van der Waals surface area (Å²) in [6.07, 6.45) is 5.43. The van der Waals surface area contributed by atoms with Crippen LogP contribution in [0, 0.1) is 0 Å². The summed E-state index contributed by atoms with van der Waals surface area (Å²) in [6.45, 7) is 9.67. The number of hydrogen-bond acceptors (Lipinski definition) is 2. The van der Waals surface area contributed by atoms with E-state index in [4.69, 9.17) is 0 Å². The predicted molar refractivity (Wildman–Crippen MR) is 62.7 cm³/mol. The second kappa shape index (κ2) is 6.41. The molecule has 0 unspecified atom stereocenters. The fraction of sp³-hybridized carbons (Fsp3) is 1.00. The quantitative estimate of drug-likeness (QED) is 0.668. The first-order valence-electron chi connectivity index (χ1n) is 6.20. The minimum atomic E-state index is 0.860. The van der Waals surface area contributed by atoms with Crippen molar-refractivity contribution >= 4 is 0 Å². The van der Waals surface area contributed by atoms with Crippen molar-refractivity contribution in [3.8, 4) is 0 Å². The smallest absolute Gasteiger partial charge is 0.0113 e. The molecule has 0 amide bonds. The van der Waals surface area contributed by atoms with Crippen molar-refractivity contribution in [3.63, 3.8) is 0 Å². The fourth-order valence-electron chi connectivity index (χ4n) is 2.36. The van der Waals surface area contributed by atoms with E-state index in [2.05, 4.69) is 30.7 Å². The van der Waals surface area contributed by atoms with Crippen LogP contribution in [0.25, 0.3) is 0 Å². The Morgan fingerprint density at radius 1 is 0.929 bits per heavy atom. The molecule has 1 saturated heterocycles. The molecule has 84 valence electrons. The van der Waals surface area contributed by atoms with Gasteiger partial charge in [-0.2, -0.15) is 0 Å². The molecule has 1 rings (SSSR count). The maximum absolute atomic E-state index is 2.70. The third-order valence-electron chi connectivity index (χ3n) is 3.30. The van der Waals surface area contributed by atoms with Crippen LogP contribution < -0.4 is 0 Å². The van der Waals surface area contributed by atoms with Crippen LogP contribution >= 0.6 is 0 Å². The SMILES string of the molecule is CCCC(CCC)N1CCN(C)CC1. The molecule has 0 N–H and O–H groups in total. The summed E-state index contributed by atoms with van der Waals surface area (Å²) in [5, 5.41) is 0. The normalized spacial score (nSPS) is 20.6. The van der Waals surface area contributed by atoms with Crippen molar-refractivity contribution in [2.24, 2.45) is 0 Å². The van der Waals surface area contributed by atoms with Crippen LogP contribution in [0.4, 0.5) is 0 Å². The van der Waals surface area contributed by atoms with E-state index in [1.807, 2.05) is 0 Å². The Hall–Kier alpha value is -0.0800. The first kappa shape index (κ1) is 12.0. The van der Waals surface area contributed by atoms with Crippen LogP contribution in [0.15, 0.2) is 0 Å². The Balaban J connectivity index is 2.34. The molecule has 0 aliphatic carbocycles. The highest BCUT2D eigenvalue weighted by Gasteiger charge is 2.20. The monoisotopic (exact) mass is 198 g/mol. The Kier molecular flexibility index (Phi) is 5.49. The highest BCUT2D eigenvalue weighted by atomic mass is 15.3. The Morgan fingerprint density at radius 3 is 1.86 bits per heavy atom. The van der Waals surface area contributed by atoms with Crippen LogP contribution in [-0.4, -0.2) is 49.1 Å². The summed E-state index contributed by atoms with van der Waals surface area (Å²) < 4.78 is 0. The van der Waals surface area contributed by atoms with Gasteiger partial charge in [0.05, 0.1) is 0 Å². The average molecular weight is 198 g/mol. The number of hydrogen-bond donors (Lipinski definition) is 0. The molecule has 0 radical (unpaired) electrons. The van der Waals surface area contributed by atoms with Gasteiger partial charge in [-0.3, -0.25) is 4.90 Å². The van der Waals surface area contributed by atoms with E-state index in [0.29, 0.717) is 0 Å². The number of rotatable bonds is 5. The largest absolute Gasteiger partial charge is 0.304 e. The molecule has 0 aromatic heterocycles. The van der Waals surface area contributed by atoms with Crippen molar-refractivity contribution in [1.29, 1.82) is 0 Å². The molecule has 0 bridgehead atoms. The van der Waals surface area contributed by atoms with E-state index in [1.54, 1.807) is 0 Å². The molecule has 0 saturated carbocycles. The van der Waals surface area contributed by atoms with E-state index in [-0.39, 0.29) is 0 Å². The van der Waals surface area contributed by atoms with Gasteiger partial charge in [0.2, 0.25) is 0 Å². The standard InChI is InChI=1S/C12H26N2/c1-4-6-12(7-5-2)14-10-8-13(3)9-11-14/h12H,4-11H2,1-3H3. The average Bonchev–Trinajstić information content (AvgIpc) is 2.19. The van der Waals surface area contributed by atoms with Gasteiger partial charge >= 0.3 is 0 Å². The first-order chi connectivity index (χ1) is 6.77. The lowest BCUT2D eigenvalue weighted by atomic mass is 10.0. The van der Waals surface area contributed by atoms with Crippen LogP contribution in [0.3, 0.4) is 0 Å². The van der Waals surface area contributed by atoms with E-state index in [1.165, 1.54) is 51.9 Å². The zero-order valence-electron chi connectivity index (χ0n) is 10.1. The van der Waals surface area contributed by atoms with Gasteiger partial charge in [0, 0.05) is 32.2 Å². The van der Waals surface area contributed by atoms with Gasteiger partial charge in [-0.25, -0.2) is 0 Å². The van der Waals surface area contributed by atoms with Crippen molar-refractivity contribution in [2.75, 3.05) is 33.2 Å². The van der Waals surface area contributed by atoms with E-state index in [0.717, 1.165) is 6.04 Å². The van der Waals surface area contributed by atoms with E-state index in [9.17, 15) is 0 Å². The Labute approximate surface area is 89.3 Å². The van der Waals surface area contributed by atoms with Gasteiger partial charge in [-0.05, 0) is 19.9 Å². The third kappa shape index (κ3) is 3.58. The van der Waals surface area contributed by atoms with Crippen molar-refractivity contribution in [1.82, 2.24) is 9.80 Å². The number of likely N-dealkylation sites (N-methyl/N-ethyl adjacent to an activating group) is 1. The van der Waals surface area contributed by atoms with Crippen molar-refractivity contribution in [2.45, 2.75) is 45.6 Å². The molecule has 0 aromatic carbocycles. The molecule has 2 heteroatoms. The fourth-order valence-corrected chi connectivity index (χ4v) is 2.36. The summed E-state index contributed by atoms with van der Waals surface area (Å²) in [5.74, 6) is 0. The van der Waals surface area contributed by atoms with Crippen LogP contribution in [-0.2, 0) is 0 Å². The van der Waals surface area contributed by atoms with Gasteiger partial charge in [-0.1, -0.05) is 26.7 Å². The predicted octanol–water partition coefficient (Wildman–Crippen LogP) is 2.20. The highest BCUT2D eigenvalue weighted by Crippen LogP contribution is 2.15. The topological polar surface area (TPSA) is 6.48 Å². The van der Waals surface area contributed by atoms with Crippen LogP contribution in [0.5, 0.6) is 0 Å². The van der Waals surface area contributed by atoms with Gasteiger partial charge < -0.3 is 4.90 Å². The molecule has 0 spiro atoms. The lowest BCUT2D eigenvalue weighted by molar-refractivity contribution is 0.101. The highest BCUT2D eigenvalue weighted by molar-refractivity contribution is 4.76. The number of piperazine rings is 1. The molecule has 0 aromatic rings. The maximum Gasteiger partial charge on any atom is 0.0113 e. The molecule has 1 aliphatic rings. The maximum atomic E-state index is 2.70. The van der Waals surface area contributed by atoms with Crippen molar-refractivity contribution in [3.05, 3.63) is 0 Å². The van der Waals surface area contributed by atoms with E-state index >= 15 is 0 Å². The van der Waals surface area contributed by atoms with Gasteiger partial charge in [0.15, 0.2) is 0 Å². The number of nitrogens with zero attached hydrogens (tertiary/aromatic N) is 2.